The zero-order valence-corrected chi connectivity index (χ0v) is 11.4. The first kappa shape index (κ1) is 14.7. The number of nitro groups is 1. The van der Waals surface area contributed by atoms with Gasteiger partial charge in [-0.2, -0.15) is 0 Å². The SMILES string of the molecule is C[C@H](NCC(=O)Nc1ccc([N+](=O)[O-])cc1)c1ccco1. The van der Waals surface area contributed by atoms with E-state index in [0.717, 1.165) is 5.76 Å². The first-order valence-electron chi connectivity index (χ1n) is 6.37. The van der Waals surface area contributed by atoms with E-state index >= 15 is 0 Å². The minimum absolute atomic E-state index is 0.0161. The fourth-order valence-corrected chi connectivity index (χ4v) is 1.76. The molecule has 0 saturated heterocycles. The molecule has 2 rings (SSSR count). The van der Waals surface area contributed by atoms with Crippen molar-refractivity contribution in [2.45, 2.75) is 13.0 Å². The van der Waals surface area contributed by atoms with Crippen molar-refractivity contribution < 1.29 is 14.1 Å². The van der Waals surface area contributed by atoms with Crippen molar-refractivity contribution >= 4 is 17.3 Å². The zero-order valence-electron chi connectivity index (χ0n) is 11.4. The second-order valence-electron chi connectivity index (χ2n) is 4.47. The highest BCUT2D eigenvalue weighted by Gasteiger charge is 2.10. The number of carbonyl (C=O) groups excluding carboxylic acids is 1. The third kappa shape index (κ3) is 4.15. The molecule has 1 atom stereocenters. The highest BCUT2D eigenvalue weighted by atomic mass is 16.6. The van der Waals surface area contributed by atoms with Gasteiger partial charge in [0, 0.05) is 17.8 Å². The summed E-state index contributed by atoms with van der Waals surface area (Å²) in [6.07, 6.45) is 1.57. The summed E-state index contributed by atoms with van der Waals surface area (Å²) in [6.45, 7) is 2.00. The van der Waals surface area contributed by atoms with E-state index < -0.39 is 4.92 Å². The number of nitro benzene ring substituents is 1. The molecule has 0 aliphatic heterocycles. The van der Waals surface area contributed by atoms with Crippen LogP contribution in [0.1, 0.15) is 18.7 Å². The Hall–Kier alpha value is -2.67. The minimum Gasteiger partial charge on any atom is -0.468 e. The highest BCUT2D eigenvalue weighted by Crippen LogP contribution is 2.15. The Morgan fingerprint density at radius 3 is 2.62 bits per heavy atom. The van der Waals surface area contributed by atoms with E-state index in [1.165, 1.54) is 24.3 Å². The molecule has 21 heavy (non-hydrogen) atoms. The standard InChI is InChI=1S/C14H15N3O4/c1-10(13-3-2-8-21-13)15-9-14(18)16-11-4-6-12(7-5-11)17(19)20/h2-8,10,15H,9H2,1H3,(H,16,18)/t10-/m0/s1. The number of anilines is 1. The number of benzene rings is 1. The summed E-state index contributed by atoms with van der Waals surface area (Å²) in [6, 6.07) is 9.19. The largest absolute Gasteiger partial charge is 0.468 e. The Bertz CT molecular complexity index is 608. The number of nitrogens with one attached hydrogen (secondary N) is 2. The van der Waals surface area contributed by atoms with Crippen molar-refractivity contribution in [1.29, 1.82) is 0 Å². The molecule has 0 saturated carbocycles. The van der Waals surface area contributed by atoms with Gasteiger partial charge in [0.05, 0.1) is 23.8 Å². The molecule has 1 amide bonds. The maximum atomic E-state index is 11.8. The Labute approximate surface area is 121 Å². The topological polar surface area (TPSA) is 97.4 Å². The number of hydrogen-bond acceptors (Lipinski definition) is 5. The summed E-state index contributed by atoms with van der Waals surface area (Å²) in [5, 5.41) is 16.2. The second kappa shape index (κ2) is 6.67. The van der Waals surface area contributed by atoms with Gasteiger partial charge in [0.25, 0.3) is 5.69 Å². The smallest absolute Gasteiger partial charge is 0.269 e. The number of carbonyl (C=O) groups is 1. The van der Waals surface area contributed by atoms with Crippen LogP contribution in [0.3, 0.4) is 0 Å². The summed E-state index contributed by atoms with van der Waals surface area (Å²) in [4.78, 5) is 21.8. The maximum absolute atomic E-state index is 11.8. The van der Waals surface area contributed by atoms with Gasteiger partial charge in [-0.15, -0.1) is 0 Å². The number of rotatable bonds is 6. The summed E-state index contributed by atoms with van der Waals surface area (Å²) < 4.78 is 5.22. The molecule has 110 valence electrons. The molecule has 7 heteroatoms. The van der Waals surface area contributed by atoms with Crippen LogP contribution < -0.4 is 10.6 Å². The molecule has 1 heterocycles. The molecule has 0 aliphatic rings. The van der Waals surface area contributed by atoms with Crippen LogP contribution >= 0.6 is 0 Å². The van der Waals surface area contributed by atoms with Crippen LogP contribution in [0.4, 0.5) is 11.4 Å². The minimum atomic E-state index is -0.488. The number of furan rings is 1. The van der Waals surface area contributed by atoms with Gasteiger partial charge in [0.15, 0.2) is 0 Å². The van der Waals surface area contributed by atoms with Crippen molar-refractivity contribution in [2.24, 2.45) is 0 Å². The lowest BCUT2D eigenvalue weighted by atomic mass is 10.2. The van der Waals surface area contributed by atoms with Gasteiger partial charge < -0.3 is 9.73 Å². The summed E-state index contributed by atoms with van der Waals surface area (Å²) in [5.41, 5.74) is 0.496. The molecular weight excluding hydrogens is 274 g/mol. The Morgan fingerprint density at radius 1 is 1.33 bits per heavy atom. The molecule has 0 aliphatic carbocycles. The molecule has 2 aromatic rings. The van der Waals surface area contributed by atoms with E-state index in [2.05, 4.69) is 10.6 Å². The van der Waals surface area contributed by atoms with Crippen molar-refractivity contribution in [3.63, 3.8) is 0 Å². The van der Waals surface area contributed by atoms with E-state index in [1.807, 2.05) is 13.0 Å². The van der Waals surface area contributed by atoms with Crippen LogP contribution in [0.25, 0.3) is 0 Å². The average molecular weight is 289 g/mol. The highest BCUT2D eigenvalue weighted by molar-refractivity contribution is 5.92. The third-order valence-corrected chi connectivity index (χ3v) is 2.90. The normalized spacial score (nSPS) is 11.9. The van der Waals surface area contributed by atoms with Gasteiger partial charge >= 0.3 is 0 Å². The fraction of sp³-hybridized carbons (Fsp3) is 0.214. The molecule has 0 spiro atoms. The molecular formula is C14H15N3O4. The van der Waals surface area contributed by atoms with Gasteiger partial charge in [-0.25, -0.2) is 0 Å². The van der Waals surface area contributed by atoms with Gasteiger partial charge in [0.2, 0.25) is 5.91 Å². The van der Waals surface area contributed by atoms with Gasteiger partial charge in [-0.3, -0.25) is 20.2 Å². The predicted molar refractivity (Wildman–Crippen MR) is 76.9 cm³/mol. The van der Waals surface area contributed by atoms with Crippen molar-refractivity contribution in [2.75, 3.05) is 11.9 Å². The van der Waals surface area contributed by atoms with Crippen LogP contribution in [0.2, 0.25) is 0 Å². The van der Waals surface area contributed by atoms with Gasteiger partial charge in [0.1, 0.15) is 5.76 Å². The number of hydrogen-bond donors (Lipinski definition) is 2. The summed E-state index contributed by atoms with van der Waals surface area (Å²) >= 11 is 0. The monoisotopic (exact) mass is 289 g/mol. The van der Waals surface area contributed by atoms with E-state index in [0.29, 0.717) is 5.69 Å². The maximum Gasteiger partial charge on any atom is 0.269 e. The molecule has 0 bridgehead atoms. The Kier molecular flexibility index (Phi) is 4.68. The van der Waals surface area contributed by atoms with E-state index in [-0.39, 0.29) is 24.2 Å². The van der Waals surface area contributed by atoms with Crippen molar-refractivity contribution in [3.05, 3.63) is 58.5 Å². The van der Waals surface area contributed by atoms with Gasteiger partial charge in [-0.1, -0.05) is 0 Å². The Balaban J connectivity index is 1.83. The van der Waals surface area contributed by atoms with Crippen LogP contribution in [-0.2, 0) is 4.79 Å². The third-order valence-electron chi connectivity index (χ3n) is 2.90. The number of amides is 1. The number of non-ortho nitro benzene ring substituents is 1. The quantitative estimate of drug-likeness (QED) is 0.629. The number of nitrogens with zero attached hydrogens (tertiary/aromatic N) is 1. The van der Waals surface area contributed by atoms with Crippen LogP contribution in [0.15, 0.2) is 47.1 Å². The lowest BCUT2D eigenvalue weighted by Gasteiger charge is -2.11. The summed E-state index contributed by atoms with van der Waals surface area (Å²) in [7, 11) is 0. The Morgan fingerprint density at radius 2 is 2.05 bits per heavy atom. The lowest BCUT2D eigenvalue weighted by Crippen LogP contribution is -2.29. The van der Waals surface area contributed by atoms with E-state index in [4.69, 9.17) is 4.42 Å². The molecule has 0 fully saturated rings. The van der Waals surface area contributed by atoms with Crippen molar-refractivity contribution in [1.82, 2.24) is 5.32 Å². The van der Waals surface area contributed by atoms with Crippen LogP contribution in [-0.4, -0.2) is 17.4 Å². The molecule has 7 nitrogen and oxygen atoms in total. The molecule has 1 aromatic heterocycles. The van der Waals surface area contributed by atoms with E-state index in [9.17, 15) is 14.9 Å². The predicted octanol–water partition coefficient (Wildman–Crippen LogP) is 2.48. The lowest BCUT2D eigenvalue weighted by molar-refractivity contribution is -0.384. The molecule has 2 N–H and O–H groups in total. The summed E-state index contributed by atoms with van der Waals surface area (Å²) in [5.74, 6) is 0.514. The molecule has 0 radical (unpaired) electrons. The first-order chi connectivity index (χ1) is 10.1. The first-order valence-corrected chi connectivity index (χ1v) is 6.37. The zero-order chi connectivity index (χ0) is 15.2. The second-order valence-corrected chi connectivity index (χ2v) is 4.47. The average Bonchev–Trinajstić information content (AvgIpc) is 2.99. The van der Waals surface area contributed by atoms with Crippen molar-refractivity contribution in [3.8, 4) is 0 Å². The van der Waals surface area contributed by atoms with Gasteiger partial charge in [-0.05, 0) is 31.2 Å². The van der Waals surface area contributed by atoms with Crippen LogP contribution in [0, 0.1) is 10.1 Å². The molecule has 1 aromatic carbocycles. The fourth-order valence-electron chi connectivity index (χ4n) is 1.76. The van der Waals surface area contributed by atoms with E-state index in [1.54, 1.807) is 12.3 Å². The molecule has 0 unspecified atom stereocenters. The van der Waals surface area contributed by atoms with Crippen LogP contribution in [0.5, 0.6) is 0 Å².